The maximum atomic E-state index is 13.4. The molecule has 31 heavy (non-hydrogen) atoms. The molecule has 1 aliphatic rings. The molecule has 168 valence electrons. The summed E-state index contributed by atoms with van der Waals surface area (Å²) in [7, 11) is -1.26. The van der Waals surface area contributed by atoms with Gasteiger partial charge >= 0.3 is 12.1 Å². The molecule has 0 radical (unpaired) electrons. The van der Waals surface area contributed by atoms with Crippen LogP contribution in [0.25, 0.3) is 0 Å². The van der Waals surface area contributed by atoms with Crippen molar-refractivity contribution in [3.05, 3.63) is 52.5 Å². The van der Waals surface area contributed by atoms with Gasteiger partial charge in [-0.3, -0.25) is 9.10 Å². The van der Waals surface area contributed by atoms with Crippen LogP contribution in [0, 0.1) is 0 Å². The number of ether oxygens (including phenoxy) is 1. The predicted octanol–water partition coefficient (Wildman–Crippen LogP) is 4.43. The van der Waals surface area contributed by atoms with Crippen LogP contribution in [-0.2, 0) is 25.7 Å². The summed E-state index contributed by atoms with van der Waals surface area (Å²) in [5, 5.41) is 0. The van der Waals surface area contributed by atoms with Gasteiger partial charge in [-0.2, -0.15) is 13.2 Å². The Labute approximate surface area is 186 Å². The van der Waals surface area contributed by atoms with Crippen LogP contribution in [0.3, 0.4) is 0 Å². The number of alkyl halides is 3. The molecule has 0 unspecified atom stereocenters. The minimum atomic E-state index is -4.67. The summed E-state index contributed by atoms with van der Waals surface area (Å²) in [6.45, 7) is -0.0322. The molecule has 1 aliphatic heterocycles. The van der Waals surface area contributed by atoms with Crippen molar-refractivity contribution in [2.24, 2.45) is 0 Å². The zero-order chi connectivity index (χ0) is 23.0. The van der Waals surface area contributed by atoms with Crippen LogP contribution in [0.4, 0.5) is 24.5 Å². The zero-order valence-electron chi connectivity index (χ0n) is 16.7. The highest BCUT2D eigenvalue weighted by Crippen LogP contribution is 2.41. The molecule has 1 atom stereocenters. The molecule has 0 saturated heterocycles. The molecule has 3 rings (SSSR count). The zero-order valence-corrected chi connectivity index (χ0v) is 19.1. The number of likely N-dealkylation sites (N-methyl/N-ethyl adjacent to an activating group) is 1. The van der Waals surface area contributed by atoms with Gasteiger partial charge in [0.15, 0.2) is 0 Å². The third-order valence-electron chi connectivity index (χ3n) is 5.17. The molecule has 6 nitrogen and oxygen atoms in total. The Hall–Kier alpha value is -2.27. The summed E-state index contributed by atoms with van der Waals surface area (Å²) in [6.07, 6.45) is -4.28. The number of anilines is 2. The van der Waals surface area contributed by atoms with E-state index in [4.69, 9.17) is 0 Å². The molecular formula is C20H20BrF3N2O4S. The minimum Gasteiger partial charge on any atom is -0.469 e. The van der Waals surface area contributed by atoms with Gasteiger partial charge in [-0.05, 0) is 42.8 Å². The Balaban J connectivity index is 2.06. The molecule has 11 heteroatoms. The first-order valence-corrected chi connectivity index (χ1v) is 11.5. The molecule has 0 aliphatic carbocycles. The van der Waals surface area contributed by atoms with Crippen LogP contribution < -0.4 is 9.21 Å². The smallest absolute Gasteiger partial charge is 0.416 e. The Bertz CT molecular complexity index is 1090. The molecule has 0 spiro atoms. The normalized spacial score (nSPS) is 16.8. The number of carbonyl (C=O) groups excluding carboxylic acids is 1. The van der Waals surface area contributed by atoms with Gasteiger partial charge in [0, 0.05) is 24.0 Å². The number of rotatable bonds is 5. The maximum Gasteiger partial charge on any atom is 0.416 e. The molecule has 0 amide bonds. The number of fused-ring (bicyclic) bond motifs is 1. The van der Waals surface area contributed by atoms with Crippen LogP contribution >= 0.6 is 15.9 Å². The monoisotopic (exact) mass is 520 g/mol. The summed E-state index contributed by atoms with van der Waals surface area (Å²) in [4.78, 5) is 13.0. The number of nitrogens with zero attached hydrogens (tertiary/aromatic N) is 2. The largest absolute Gasteiger partial charge is 0.469 e. The van der Waals surface area contributed by atoms with Crippen molar-refractivity contribution in [3.8, 4) is 0 Å². The lowest BCUT2D eigenvalue weighted by molar-refractivity contribution is -0.141. The Morgan fingerprint density at radius 2 is 1.90 bits per heavy atom. The third kappa shape index (κ3) is 4.82. The van der Waals surface area contributed by atoms with Gasteiger partial charge in [0.2, 0.25) is 0 Å². The summed E-state index contributed by atoms with van der Waals surface area (Å²) in [5.74, 6) is -0.428. The lowest BCUT2D eigenvalue weighted by Crippen LogP contribution is -2.49. The van der Waals surface area contributed by atoms with Crippen molar-refractivity contribution in [1.29, 1.82) is 0 Å². The van der Waals surface area contributed by atoms with Gasteiger partial charge in [0.05, 0.1) is 35.5 Å². The van der Waals surface area contributed by atoms with Crippen molar-refractivity contribution < 1.29 is 31.1 Å². The number of hydrogen-bond acceptors (Lipinski definition) is 5. The highest BCUT2D eigenvalue weighted by molar-refractivity contribution is 9.10. The number of sulfonamides is 1. The van der Waals surface area contributed by atoms with E-state index in [-0.39, 0.29) is 19.0 Å². The molecule has 0 bridgehead atoms. The highest BCUT2D eigenvalue weighted by Gasteiger charge is 2.38. The first kappa shape index (κ1) is 23.4. The molecule has 2 aromatic carbocycles. The van der Waals surface area contributed by atoms with E-state index in [9.17, 15) is 26.4 Å². The molecule has 0 N–H and O–H groups in total. The average Bonchev–Trinajstić information content (AvgIpc) is 2.72. The number of hydrogen-bond donors (Lipinski definition) is 0. The van der Waals surface area contributed by atoms with Crippen LogP contribution in [-0.4, -0.2) is 41.1 Å². The highest BCUT2D eigenvalue weighted by atomic mass is 79.9. The van der Waals surface area contributed by atoms with E-state index in [0.717, 1.165) is 22.5 Å². The van der Waals surface area contributed by atoms with Crippen LogP contribution in [0.2, 0.25) is 0 Å². The van der Waals surface area contributed by atoms with Crippen molar-refractivity contribution in [2.75, 3.05) is 29.9 Å². The van der Waals surface area contributed by atoms with E-state index in [1.54, 1.807) is 25.2 Å². The molecule has 2 aromatic rings. The fourth-order valence-corrected chi connectivity index (χ4v) is 5.37. The molecule has 0 saturated carbocycles. The van der Waals surface area contributed by atoms with Crippen LogP contribution in [0.5, 0.6) is 0 Å². The summed E-state index contributed by atoms with van der Waals surface area (Å²) in [6, 6.07) is 8.36. The van der Waals surface area contributed by atoms with Gasteiger partial charge < -0.3 is 9.64 Å². The van der Waals surface area contributed by atoms with Gasteiger partial charge in [-0.15, -0.1) is 0 Å². The lowest BCUT2D eigenvalue weighted by Gasteiger charge is -2.42. The van der Waals surface area contributed by atoms with E-state index in [0.29, 0.717) is 28.3 Å². The van der Waals surface area contributed by atoms with Crippen LogP contribution in [0.1, 0.15) is 18.4 Å². The standard InChI is InChI=1S/C20H20BrF3N2O4S/c1-25-15(7-9-19(27)30-2)12-26(18-11-14(21)6-8-17(18)25)31(28,29)16-5-3-4-13(10-16)20(22,23)24/h3-6,8,10-11,15H,7,9,12H2,1-2H3/t15-/m0/s1. The first-order chi connectivity index (χ1) is 14.4. The van der Waals surface area contributed by atoms with E-state index in [1.807, 2.05) is 4.90 Å². The maximum absolute atomic E-state index is 13.4. The number of benzene rings is 2. The average molecular weight is 521 g/mol. The first-order valence-electron chi connectivity index (χ1n) is 9.24. The third-order valence-corrected chi connectivity index (χ3v) is 7.44. The van der Waals surface area contributed by atoms with E-state index < -0.39 is 32.6 Å². The quantitative estimate of drug-likeness (QED) is 0.545. The fourth-order valence-electron chi connectivity index (χ4n) is 3.46. The Morgan fingerprint density at radius 1 is 1.19 bits per heavy atom. The second-order valence-electron chi connectivity index (χ2n) is 7.07. The Kier molecular flexibility index (Phi) is 6.56. The molecule has 0 aromatic heterocycles. The van der Waals surface area contributed by atoms with Crippen molar-refractivity contribution in [1.82, 2.24) is 0 Å². The van der Waals surface area contributed by atoms with Gasteiger partial charge in [-0.1, -0.05) is 22.0 Å². The summed E-state index contributed by atoms with van der Waals surface area (Å²) in [5.41, 5.74) is -0.122. The SMILES string of the molecule is COC(=O)CC[C@H]1CN(S(=O)(=O)c2cccc(C(F)(F)F)c2)c2cc(Br)ccc2N1C. The van der Waals surface area contributed by atoms with Gasteiger partial charge in [-0.25, -0.2) is 8.42 Å². The summed E-state index contributed by atoms with van der Waals surface area (Å²) >= 11 is 3.32. The van der Waals surface area contributed by atoms with Crippen molar-refractivity contribution in [2.45, 2.75) is 30.0 Å². The topological polar surface area (TPSA) is 66.9 Å². The van der Waals surface area contributed by atoms with Crippen LogP contribution in [0.15, 0.2) is 51.8 Å². The molecule has 1 heterocycles. The second-order valence-corrected chi connectivity index (χ2v) is 9.85. The number of esters is 1. The number of halogens is 4. The van der Waals surface area contributed by atoms with Crippen molar-refractivity contribution >= 4 is 43.3 Å². The van der Waals surface area contributed by atoms with E-state index in [1.165, 1.54) is 7.11 Å². The van der Waals surface area contributed by atoms with E-state index in [2.05, 4.69) is 20.7 Å². The second kappa shape index (κ2) is 8.70. The molecule has 0 fully saturated rings. The van der Waals surface area contributed by atoms with Crippen molar-refractivity contribution in [3.63, 3.8) is 0 Å². The lowest BCUT2D eigenvalue weighted by atomic mass is 10.1. The van der Waals surface area contributed by atoms with Gasteiger partial charge in [0.1, 0.15) is 0 Å². The number of methoxy groups -OCH3 is 1. The number of carbonyl (C=O) groups is 1. The van der Waals surface area contributed by atoms with E-state index >= 15 is 0 Å². The fraction of sp³-hybridized carbons (Fsp3) is 0.350. The predicted molar refractivity (Wildman–Crippen MR) is 114 cm³/mol. The minimum absolute atomic E-state index is 0.0322. The Morgan fingerprint density at radius 3 is 2.55 bits per heavy atom. The molecular weight excluding hydrogens is 501 g/mol. The van der Waals surface area contributed by atoms with Gasteiger partial charge in [0.25, 0.3) is 10.0 Å². The summed E-state index contributed by atoms with van der Waals surface area (Å²) < 4.78 is 72.7.